The van der Waals surface area contributed by atoms with Crippen LogP contribution in [0.5, 0.6) is 0 Å². The first-order valence-corrected chi connectivity index (χ1v) is 15.8. The van der Waals surface area contributed by atoms with Crippen molar-refractivity contribution in [2.75, 3.05) is 33.1 Å². The van der Waals surface area contributed by atoms with Crippen molar-refractivity contribution in [3.63, 3.8) is 0 Å². The van der Waals surface area contributed by atoms with E-state index in [9.17, 15) is 14.7 Å². The van der Waals surface area contributed by atoms with E-state index in [1.54, 1.807) is 35.3 Å². The van der Waals surface area contributed by atoms with Crippen LogP contribution in [-0.4, -0.2) is 44.9 Å². The Morgan fingerprint density at radius 2 is 1.66 bits per heavy atom. The van der Waals surface area contributed by atoms with Crippen LogP contribution in [0.3, 0.4) is 0 Å². The molecule has 0 radical (unpaired) electrons. The summed E-state index contributed by atoms with van der Waals surface area (Å²) in [5, 5.41) is 15.1. The standard InChI is InChI=1S/C37H28N2O3S2/c1-38(2)25-13-11-23-17-27-21(7-5-9-31(27)43-33(23)19-25)15-29-35(40)30(37(42)36(29)41)16-22-8-6-10-32-28(22)18-24-12-14-26(39(3)4)20-34(24)44-32/h5-20H,1-4H3/p+1. The van der Waals surface area contributed by atoms with Crippen molar-refractivity contribution in [3.8, 4) is 10.4 Å². The van der Waals surface area contributed by atoms with Crippen molar-refractivity contribution in [2.45, 2.75) is 9.79 Å². The van der Waals surface area contributed by atoms with Crippen molar-refractivity contribution in [2.24, 2.45) is 0 Å². The maximum Gasteiger partial charge on any atom is 0.237 e. The molecular weight excluding hydrogens is 585 g/mol. The van der Waals surface area contributed by atoms with E-state index in [4.69, 9.17) is 0 Å². The van der Waals surface area contributed by atoms with Crippen LogP contribution >= 0.6 is 23.1 Å². The minimum atomic E-state index is -0.699. The molecule has 0 saturated heterocycles. The number of nitrogens with zero attached hydrogens (tertiary/aromatic N) is 2. The summed E-state index contributed by atoms with van der Waals surface area (Å²) in [5.74, 6) is -1.68. The average Bonchev–Trinajstić information content (AvgIpc) is 3.21. The summed E-state index contributed by atoms with van der Waals surface area (Å²) < 4.78 is 3.13. The maximum absolute atomic E-state index is 13.3. The van der Waals surface area contributed by atoms with E-state index in [0.29, 0.717) is 0 Å². The Balaban J connectivity index is 1.35. The molecule has 1 N–H and O–H groups in total. The third-order valence-electron chi connectivity index (χ3n) is 8.07. The topological polar surface area (TPSA) is 60.6 Å². The number of anilines is 1. The van der Waals surface area contributed by atoms with Gasteiger partial charge >= 0.3 is 0 Å². The van der Waals surface area contributed by atoms with Crippen molar-refractivity contribution < 1.29 is 14.7 Å². The van der Waals surface area contributed by atoms with Gasteiger partial charge in [-0.05, 0) is 87.1 Å². The van der Waals surface area contributed by atoms with Crippen LogP contribution in [0.4, 0.5) is 5.69 Å². The zero-order valence-corrected chi connectivity index (χ0v) is 26.3. The minimum Gasteiger partial charge on any atom is -0.506 e. The van der Waals surface area contributed by atoms with Crippen LogP contribution < -0.4 is 25.3 Å². The van der Waals surface area contributed by atoms with Crippen molar-refractivity contribution >= 4 is 68.7 Å². The van der Waals surface area contributed by atoms with Crippen LogP contribution in [0.1, 0.15) is 11.1 Å². The zero-order chi connectivity index (χ0) is 30.7. The summed E-state index contributed by atoms with van der Waals surface area (Å²) in [6.45, 7) is 0. The lowest BCUT2D eigenvalue weighted by Gasteiger charge is -2.18. The second-order valence-electron chi connectivity index (χ2n) is 11.4. The molecule has 0 unspecified atom stereocenters. The number of carbonyl (C=O) groups is 2. The molecule has 0 saturated carbocycles. The predicted molar refractivity (Wildman–Crippen MR) is 182 cm³/mol. The Kier molecular flexibility index (Phi) is 6.87. The molecule has 216 valence electrons. The van der Waals surface area contributed by atoms with Gasteiger partial charge in [0.1, 0.15) is 19.9 Å². The number of ketones is 2. The highest BCUT2D eigenvalue weighted by atomic mass is 32.2. The first-order valence-electron chi connectivity index (χ1n) is 14.2. The van der Waals surface area contributed by atoms with Crippen LogP contribution in [0, 0.1) is 0 Å². The Morgan fingerprint density at radius 1 is 0.841 bits per heavy atom. The van der Waals surface area contributed by atoms with Gasteiger partial charge in [-0.25, -0.2) is 4.58 Å². The molecule has 0 atom stereocenters. The maximum atomic E-state index is 13.3. The van der Waals surface area contributed by atoms with Gasteiger partial charge in [-0.15, -0.1) is 11.3 Å². The molecule has 4 aliphatic rings. The van der Waals surface area contributed by atoms with Crippen molar-refractivity contribution in [1.29, 1.82) is 0 Å². The Morgan fingerprint density at radius 3 is 2.45 bits per heavy atom. The van der Waals surface area contributed by atoms with Gasteiger partial charge in [0.2, 0.25) is 16.9 Å². The van der Waals surface area contributed by atoms with E-state index >= 15 is 0 Å². The number of aliphatic hydroxyl groups excluding tert-OH is 1. The normalized spacial score (nSPS) is 15.6. The van der Waals surface area contributed by atoms with Gasteiger partial charge in [0.25, 0.3) is 0 Å². The van der Waals surface area contributed by atoms with Gasteiger partial charge in [-0.3, -0.25) is 9.59 Å². The highest BCUT2D eigenvalue weighted by Crippen LogP contribution is 2.37. The first-order chi connectivity index (χ1) is 21.2. The number of hydrogen-bond acceptors (Lipinski definition) is 6. The molecule has 0 bridgehead atoms. The van der Waals surface area contributed by atoms with Gasteiger partial charge in [-0.2, -0.15) is 0 Å². The molecule has 7 heteroatoms. The number of allylic oxidation sites excluding steroid dienone is 2. The summed E-state index contributed by atoms with van der Waals surface area (Å²) in [7, 11) is 8.08. The van der Waals surface area contributed by atoms with Gasteiger partial charge in [-0.1, -0.05) is 42.1 Å². The number of rotatable bonds is 3. The monoisotopic (exact) mass is 613 g/mol. The Hall–Kier alpha value is -4.72. The summed E-state index contributed by atoms with van der Waals surface area (Å²) >= 11 is 3.35. The zero-order valence-electron chi connectivity index (χ0n) is 24.7. The van der Waals surface area contributed by atoms with Crippen LogP contribution in [0.15, 0.2) is 106 Å². The molecule has 0 amide bonds. The van der Waals surface area contributed by atoms with Gasteiger partial charge in [0, 0.05) is 51.3 Å². The van der Waals surface area contributed by atoms with Crippen LogP contribution in [0.2, 0.25) is 0 Å². The summed E-state index contributed by atoms with van der Waals surface area (Å²) in [6, 6.07) is 26.6. The number of Topliss-reactive ketones (excluding diaryl/α,β-unsaturated/α-hetero) is 2. The molecular formula is C37H29N2O3S2+. The molecule has 2 aliphatic carbocycles. The van der Waals surface area contributed by atoms with E-state index < -0.39 is 11.6 Å². The Labute approximate surface area is 263 Å². The lowest BCUT2D eigenvalue weighted by Crippen LogP contribution is -2.28. The van der Waals surface area contributed by atoms with Gasteiger partial charge in [0.15, 0.2) is 0 Å². The molecule has 0 fully saturated rings. The second-order valence-corrected chi connectivity index (χ2v) is 13.5. The van der Waals surface area contributed by atoms with Crippen LogP contribution in [0.25, 0.3) is 38.8 Å². The molecule has 44 heavy (non-hydrogen) atoms. The van der Waals surface area contributed by atoms with E-state index in [0.717, 1.165) is 62.9 Å². The van der Waals surface area contributed by atoms with E-state index in [2.05, 4.69) is 58.0 Å². The fourth-order valence-corrected chi connectivity index (χ4v) is 7.80. The third kappa shape index (κ3) is 4.78. The minimum absolute atomic E-state index is 0.0199. The highest BCUT2D eigenvalue weighted by Gasteiger charge is 2.35. The lowest BCUT2D eigenvalue weighted by molar-refractivity contribution is -0.131. The average molecular weight is 614 g/mol. The van der Waals surface area contributed by atoms with E-state index in [1.165, 1.54) is 0 Å². The quantitative estimate of drug-likeness (QED) is 0.128. The van der Waals surface area contributed by atoms with E-state index in [1.807, 2.05) is 64.6 Å². The second kappa shape index (κ2) is 10.8. The highest BCUT2D eigenvalue weighted by molar-refractivity contribution is 7.99. The first kappa shape index (κ1) is 28.1. The largest absolute Gasteiger partial charge is 0.506 e. The summed E-state index contributed by atoms with van der Waals surface area (Å²) in [4.78, 5) is 31.9. The molecule has 2 aliphatic heterocycles. The molecule has 2 heterocycles. The molecule has 7 rings (SSSR count). The molecule has 0 spiro atoms. The SMILES string of the molecule is CN(C)c1ccc2c(c1)Sc1cccc(=CC3=C(O)/C(=C/c4cccc5sc6cc(=[N+](C)C)ccc-6cc45)C(=O)C3=O)c1=C2. The molecule has 5 nitrogen and oxygen atoms in total. The van der Waals surface area contributed by atoms with Crippen molar-refractivity contribution in [1.82, 2.24) is 4.58 Å². The van der Waals surface area contributed by atoms with Gasteiger partial charge < -0.3 is 10.0 Å². The summed E-state index contributed by atoms with van der Waals surface area (Å²) in [6.07, 6.45) is 5.39. The van der Waals surface area contributed by atoms with Gasteiger partial charge in [0.05, 0.1) is 11.1 Å². The fourth-order valence-electron chi connectivity index (χ4n) is 5.61. The smallest absolute Gasteiger partial charge is 0.237 e. The Bertz CT molecular complexity index is 2300. The summed E-state index contributed by atoms with van der Waals surface area (Å²) in [5.41, 5.74) is 4.11. The predicted octanol–water partition coefficient (Wildman–Crippen LogP) is 5.23. The lowest BCUT2D eigenvalue weighted by atomic mass is 10.0. The molecule has 3 aromatic rings. The number of fused-ring (bicyclic) bond motifs is 4. The number of carbonyl (C=O) groups excluding carboxylic acids is 2. The van der Waals surface area contributed by atoms with Crippen LogP contribution in [-0.2, 0) is 9.59 Å². The number of aliphatic hydroxyl groups is 1. The van der Waals surface area contributed by atoms with E-state index in [-0.39, 0.29) is 16.9 Å². The molecule has 3 aromatic carbocycles. The fraction of sp³-hybridized carbons (Fsp3) is 0.108. The van der Waals surface area contributed by atoms with Crippen molar-refractivity contribution in [3.05, 3.63) is 123 Å². The molecule has 0 aromatic heterocycles. The number of benzene rings is 4. The third-order valence-corrected chi connectivity index (χ3v) is 10.4. The number of hydrogen-bond donors (Lipinski definition) is 1.